The van der Waals surface area contributed by atoms with Gasteiger partial charge in [-0.15, -0.1) is 12.3 Å². The third-order valence-corrected chi connectivity index (χ3v) is 8.59. The molecular weight excluding hydrogens is 214 g/mol. The molecule has 0 aliphatic carbocycles. The van der Waals surface area contributed by atoms with E-state index >= 15 is 0 Å². The molecule has 0 bridgehead atoms. The Hall–Kier alpha value is 0.660. The highest BCUT2D eigenvalue weighted by molar-refractivity contribution is 8.97. The van der Waals surface area contributed by atoms with E-state index in [1.54, 1.807) is 10.8 Å². The van der Waals surface area contributed by atoms with E-state index in [1.807, 2.05) is 11.4 Å². The fourth-order valence-electron chi connectivity index (χ4n) is 0.813. The number of hydrogen-bond donors (Lipinski definition) is 0. The van der Waals surface area contributed by atoms with Crippen molar-refractivity contribution in [3.05, 3.63) is 0 Å². The quantitative estimate of drug-likeness (QED) is 0.442. The third kappa shape index (κ3) is 2.30. The van der Waals surface area contributed by atoms with Crippen LogP contribution >= 0.6 is 10.8 Å². The number of hydrogen-bond acceptors (Lipinski definition) is 3. The van der Waals surface area contributed by atoms with Gasteiger partial charge in [-0.2, -0.15) is 0 Å². The first-order chi connectivity index (χ1) is 5.06. The summed E-state index contributed by atoms with van der Waals surface area (Å²) < 4.78 is 2.04. The molecule has 0 radical (unpaired) electrons. The van der Waals surface area contributed by atoms with Crippen molar-refractivity contribution in [2.45, 2.75) is 0 Å². The van der Waals surface area contributed by atoms with E-state index in [4.69, 9.17) is 28.8 Å². The summed E-state index contributed by atoms with van der Waals surface area (Å²) in [5.41, 5.74) is 0. The number of nitrogens with zero attached hydrogens (tertiary/aromatic N) is 1. The van der Waals surface area contributed by atoms with Crippen molar-refractivity contribution < 1.29 is 0 Å². The van der Waals surface area contributed by atoms with Crippen molar-refractivity contribution in [1.29, 1.82) is 0 Å². The third-order valence-electron chi connectivity index (χ3n) is 1.51. The van der Waals surface area contributed by atoms with E-state index < -0.39 is 6.36 Å². The lowest BCUT2D eigenvalue weighted by molar-refractivity contribution is 0.505. The Labute approximate surface area is 81.3 Å². The molecule has 1 atom stereocenters. The molecule has 62 valence electrons. The van der Waals surface area contributed by atoms with Crippen molar-refractivity contribution in [3.63, 3.8) is 0 Å². The molecular formula is C6H9NS4. The summed E-state index contributed by atoms with van der Waals surface area (Å²) >= 11 is 10.5. The predicted octanol–water partition coefficient (Wildman–Crippen LogP) is 0.822. The van der Waals surface area contributed by atoms with Gasteiger partial charge >= 0.3 is 0 Å². The van der Waals surface area contributed by atoms with Crippen molar-refractivity contribution in [2.75, 3.05) is 19.3 Å². The second-order valence-electron chi connectivity index (χ2n) is 2.39. The van der Waals surface area contributed by atoms with Gasteiger partial charge in [0.2, 0.25) is 0 Å². The summed E-state index contributed by atoms with van der Waals surface area (Å²) in [4.78, 5) is 0. The SMILES string of the molecule is C#CC1CSS(=S)(=S)N(C)C1. The molecule has 0 aromatic heterocycles. The topological polar surface area (TPSA) is 3.24 Å². The van der Waals surface area contributed by atoms with Crippen LogP contribution in [-0.2, 0) is 28.7 Å². The van der Waals surface area contributed by atoms with Gasteiger partial charge in [-0.05, 0) is 29.4 Å². The molecule has 1 heterocycles. The second kappa shape index (κ2) is 3.58. The maximum atomic E-state index is 5.31. The summed E-state index contributed by atoms with van der Waals surface area (Å²) in [6.07, 6.45) is 3.92. The summed E-state index contributed by atoms with van der Waals surface area (Å²) in [7, 11) is 3.62. The van der Waals surface area contributed by atoms with Crippen LogP contribution < -0.4 is 0 Å². The van der Waals surface area contributed by atoms with Gasteiger partial charge in [-0.3, -0.25) is 0 Å². The Morgan fingerprint density at radius 1 is 1.73 bits per heavy atom. The van der Waals surface area contributed by atoms with Gasteiger partial charge in [-0.1, -0.05) is 10.8 Å². The van der Waals surface area contributed by atoms with Crippen molar-refractivity contribution in [1.82, 2.24) is 4.31 Å². The molecule has 1 aliphatic heterocycles. The monoisotopic (exact) mass is 223 g/mol. The van der Waals surface area contributed by atoms with Crippen LogP contribution in [0.15, 0.2) is 0 Å². The van der Waals surface area contributed by atoms with Gasteiger partial charge in [0.05, 0.1) is 0 Å². The first-order valence-electron chi connectivity index (χ1n) is 3.13. The average Bonchev–Trinajstić information content (AvgIpc) is 1.95. The summed E-state index contributed by atoms with van der Waals surface area (Å²) in [6.45, 7) is 0.867. The van der Waals surface area contributed by atoms with E-state index in [-0.39, 0.29) is 0 Å². The molecule has 0 N–H and O–H groups in total. The molecule has 1 saturated heterocycles. The zero-order valence-electron chi connectivity index (χ0n) is 6.15. The maximum Gasteiger partial charge on any atom is 0.0436 e. The van der Waals surface area contributed by atoms with Crippen LogP contribution in [0.2, 0.25) is 0 Å². The highest BCUT2D eigenvalue weighted by atomic mass is 33.5. The van der Waals surface area contributed by atoms with E-state index in [1.165, 1.54) is 0 Å². The van der Waals surface area contributed by atoms with Gasteiger partial charge in [0, 0.05) is 24.6 Å². The highest BCUT2D eigenvalue weighted by Crippen LogP contribution is 2.27. The average molecular weight is 223 g/mol. The van der Waals surface area contributed by atoms with Crippen LogP contribution in [0.4, 0.5) is 0 Å². The second-order valence-corrected chi connectivity index (χ2v) is 11.4. The van der Waals surface area contributed by atoms with E-state index in [9.17, 15) is 0 Å². The lowest BCUT2D eigenvalue weighted by Gasteiger charge is -2.30. The lowest BCUT2D eigenvalue weighted by atomic mass is 10.2. The van der Waals surface area contributed by atoms with Crippen LogP contribution in [0.1, 0.15) is 0 Å². The number of terminal acetylenes is 1. The predicted molar refractivity (Wildman–Crippen MR) is 59.5 cm³/mol. The normalized spacial score (nSPS) is 31.1. The molecule has 0 aromatic carbocycles. The highest BCUT2D eigenvalue weighted by Gasteiger charge is 2.22. The van der Waals surface area contributed by atoms with E-state index in [0.29, 0.717) is 5.92 Å². The summed E-state index contributed by atoms with van der Waals surface area (Å²) in [5.74, 6) is 3.99. The minimum absolute atomic E-state index is 0.330. The van der Waals surface area contributed by atoms with Gasteiger partial charge in [0.25, 0.3) is 0 Å². The maximum absolute atomic E-state index is 5.31. The Bertz CT molecular complexity index is 273. The Kier molecular flexibility index (Phi) is 3.18. The lowest BCUT2D eigenvalue weighted by Crippen LogP contribution is -2.34. The fraction of sp³-hybridized carbons (Fsp3) is 0.667. The molecule has 0 saturated carbocycles. The van der Waals surface area contributed by atoms with Crippen molar-refractivity contribution in [2.24, 2.45) is 5.92 Å². The Morgan fingerprint density at radius 2 is 2.36 bits per heavy atom. The molecule has 0 amide bonds. The smallest absolute Gasteiger partial charge is 0.0436 e. The van der Waals surface area contributed by atoms with Crippen molar-refractivity contribution in [3.8, 4) is 12.3 Å². The van der Waals surface area contributed by atoms with E-state index in [2.05, 4.69) is 5.92 Å². The van der Waals surface area contributed by atoms with Gasteiger partial charge in [-0.25, -0.2) is 4.31 Å². The molecule has 1 rings (SSSR count). The molecule has 1 fully saturated rings. The minimum atomic E-state index is -1.38. The van der Waals surface area contributed by atoms with Crippen LogP contribution in [0.3, 0.4) is 0 Å². The van der Waals surface area contributed by atoms with E-state index in [0.717, 1.165) is 12.3 Å². The molecule has 1 aliphatic rings. The minimum Gasteiger partial charge on any atom is -0.238 e. The molecule has 5 heteroatoms. The Balaban J connectivity index is 2.72. The molecule has 1 unspecified atom stereocenters. The molecule has 0 spiro atoms. The molecule has 0 aromatic rings. The largest absolute Gasteiger partial charge is 0.238 e. The van der Waals surface area contributed by atoms with Gasteiger partial charge in [0.1, 0.15) is 0 Å². The van der Waals surface area contributed by atoms with Gasteiger partial charge < -0.3 is 0 Å². The fourth-order valence-corrected chi connectivity index (χ4v) is 4.99. The van der Waals surface area contributed by atoms with Crippen LogP contribution in [0, 0.1) is 18.3 Å². The van der Waals surface area contributed by atoms with Crippen molar-refractivity contribution >= 4 is 39.5 Å². The molecule has 1 nitrogen and oxygen atoms in total. The van der Waals surface area contributed by atoms with Crippen LogP contribution in [-0.4, -0.2) is 23.7 Å². The first kappa shape index (κ1) is 9.75. The summed E-state index contributed by atoms with van der Waals surface area (Å²) in [6, 6.07) is 0. The zero-order chi connectivity index (χ0) is 8.48. The first-order valence-corrected chi connectivity index (χ1v) is 8.07. The summed E-state index contributed by atoms with van der Waals surface area (Å²) in [5, 5.41) is 0. The standard InChI is InChI=1S/C6H9NS4/c1-3-6-4-7(2)11(8,9)10-5-6/h1,6H,4-5H2,2H3. The molecule has 11 heavy (non-hydrogen) atoms. The Morgan fingerprint density at radius 3 is 2.82 bits per heavy atom. The van der Waals surface area contributed by atoms with Crippen LogP contribution in [0.25, 0.3) is 0 Å². The van der Waals surface area contributed by atoms with Gasteiger partial charge in [0.15, 0.2) is 0 Å². The zero-order valence-corrected chi connectivity index (χ0v) is 9.42. The number of rotatable bonds is 0. The van der Waals surface area contributed by atoms with Crippen LogP contribution in [0.5, 0.6) is 0 Å².